The minimum absolute atomic E-state index is 0.0599. The molecule has 0 radical (unpaired) electrons. The molecule has 0 heterocycles. The molecule has 0 spiro atoms. The zero-order valence-corrected chi connectivity index (χ0v) is 16.5. The van der Waals surface area contributed by atoms with Gasteiger partial charge in [-0.2, -0.15) is 0 Å². The zero-order chi connectivity index (χ0) is 19.6. The fourth-order valence-electron chi connectivity index (χ4n) is 2.92. The number of benzene rings is 2. The third-order valence-electron chi connectivity index (χ3n) is 4.43. The zero-order valence-electron chi connectivity index (χ0n) is 16.5. The molecule has 2 aromatic carbocycles. The Bertz CT molecular complexity index is 735. The van der Waals surface area contributed by atoms with Crippen LogP contribution in [0.25, 0.3) is 11.1 Å². The summed E-state index contributed by atoms with van der Waals surface area (Å²) in [5.41, 5.74) is 3.36. The molecule has 144 valence electrons. The van der Waals surface area contributed by atoms with Gasteiger partial charge in [0.2, 0.25) is 5.91 Å². The van der Waals surface area contributed by atoms with Crippen molar-refractivity contribution in [3.05, 3.63) is 54.1 Å². The highest BCUT2D eigenvalue weighted by Crippen LogP contribution is 2.22. The molecule has 1 unspecified atom stereocenters. The average molecular weight is 367 g/mol. The van der Waals surface area contributed by atoms with Gasteiger partial charge in [-0.3, -0.25) is 4.79 Å². The normalized spacial score (nSPS) is 11.7. The van der Waals surface area contributed by atoms with E-state index in [2.05, 4.69) is 12.2 Å². The number of amides is 1. The predicted molar refractivity (Wildman–Crippen MR) is 110 cm³/mol. The second-order valence-electron chi connectivity index (χ2n) is 6.90. The predicted octanol–water partition coefficient (Wildman–Crippen LogP) is 5.83. The van der Waals surface area contributed by atoms with Crippen LogP contribution in [0.15, 0.2) is 48.5 Å². The molecule has 1 N–H and O–H groups in total. The monoisotopic (exact) mass is 367 g/mol. The topological polar surface area (TPSA) is 55.4 Å². The summed E-state index contributed by atoms with van der Waals surface area (Å²) < 4.78 is 5.54. The fraction of sp³-hybridized carbons (Fsp3) is 0.391. The molecule has 0 saturated heterocycles. The number of esters is 1. The maximum absolute atomic E-state index is 12.3. The van der Waals surface area contributed by atoms with Gasteiger partial charge in [-0.05, 0) is 55.2 Å². The Morgan fingerprint density at radius 3 is 2.07 bits per heavy atom. The summed E-state index contributed by atoms with van der Waals surface area (Å²) in [4.78, 5) is 23.4. The molecule has 4 heteroatoms. The van der Waals surface area contributed by atoms with E-state index in [0.717, 1.165) is 29.7 Å². The van der Waals surface area contributed by atoms with Gasteiger partial charge in [0.05, 0.1) is 11.7 Å². The molecular formula is C23H29NO3. The van der Waals surface area contributed by atoms with Crippen LogP contribution in [0.3, 0.4) is 0 Å². The van der Waals surface area contributed by atoms with Crippen LogP contribution in [-0.2, 0) is 9.53 Å². The van der Waals surface area contributed by atoms with Crippen LogP contribution in [0.2, 0.25) is 0 Å². The summed E-state index contributed by atoms with van der Waals surface area (Å²) in [6.45, 7) is 5.62. The van der Waals surface area contributed by atoms with Gasteiger partial charge in [0.1, 0.15) is 0 Å². The number of anilines is 1. The molecule has 27 heavy (non-hydrogen) atoms. The number of carbonyl (C=O) groups excluding carboxylic acids is 2. The first-order valence-corrected chi connectivity index (χ1v) is 9.68. The minimum Gasteiger partial charge on any atom is -0.459 e. The quantitative estimate of drug-likeness (QED) is 0.448. The van der Waals surface area contributed by atoms with Crippen LogP contribution in [0.5, 0.6) is 0 Å². The standard InChI is InChI=1S/C23H29NO3/c1-4-5-6-7-8-17(2)27-23(26)21-11-9-19(10-12-21)20-13-15-22(16-14-20)24-18(3)25/h9-17H,4-8H2,1-3H3,(H,24,25). The Hall–Kier alpha value is -2.62. The summed E-state index contributed by atoms with van der Waals surface area (Å²) in [5.74, 6) is -0.365. The molecule has 1 amide bonds. The lowest BCUT2D eigenvalue weighted by Crippen LogP contribution is -2.15. The highest BCUT2D eigenvalue weighted by molar-refractivity contribution is 5.90. The van der Waals surface area contributed by atoms with Crippen LogP contribution in [0, 0.1) is 0 Å². The minimum atomic E-state index is -0.273. The fourth-order valence-corrected chi connectivity index (χ4v) is 2.92. The van der Waals surface area contributed by atoms with Crippen LogP contribution in [0.4, 0.5) is 5.69 Å². The SMILES string of the molecule is CCCCCCC(C)OC(=O)c1ccc(-c2ccc(NC(C)=O)cc2)cc1. The van der Waals surface area contributed by atoms with Crippen molar-refractivity contribution < 1.29 is 14.3 Å². The average Bonchev–Trinajstić information content (AvgIpc) is 2.65. The summed E-state index contributed by atoms with van der Waals surface area (Å²) in [5, 5.41) is 2.75. The second kappa shape index (κ2) is 10.5. The first kappa shape index (κ1) is 20.7. The van der Waals surface area contributed by atoms with E-state index < -0.39 is 0 Å². The van der Waals surface area contributed by atoms with Gasteiger partial charge in [-0.25, -0.2) is 4.79 Å². The molecule has 0 bridgehead atoms. The Balaban J connectivity index is 1.92. The van der Waals surface area contributed by atoms with Gasteiger partial charge in [-0.1, -0.05) is 50.5 Å². The van der Waals surface area contributed by atoms with Gasteiger partial charge in [-0.15, -0.1) is 0 Å². The largest absolute Gasteiger partial charge is 0.459 e. The number of unbranched alkanes of at least 4 members (excludes halogenated alkanes) is 3. The Morgan fingerprint density at radius 1 is 0.926 bits per heavy atom. The maximum atomic E-state index is 12.3. The summed E-state index contributed by atoms with van der Waals surface area (Å²) in [6, 6.07) is 15.0. The Morgan fingerprint density at radius 2 is 1.52 bits per heavy atom. The summed E-state index contributed by atoms with van der Waals surface area (Å²) >= 11 is 0. The van der Waals surface area contributed by atoms with E-state index in [0.29, 0.717) is 5.56 Å². The molecule has 1 atom stereocenters. The van der Waals surface area contributed by atoms with E-state index in [1.165, 1.54) is 26.2 Å². The molecule has 2 aromatic rings. The lowest BCUT2D eigenvalue weighted by atomic mass is 10.0. The lowest BCUT2D eigenvalue weighted by molar-refractivity contribution is -0.114. The van der Waals surface area contributed by atoms with Crippen molar-refractivity contribution in [1.29, 1.82) is 0 Å². The third-order valence-corrected chi connectivity index (χ3v) is 4.43. The molecular weight excluding hydrogens is 338 g/mol. The Kier molecular flexibility index (Phi) is 8.05. The molecule has 0 aromatic heterocycles. The molecule has 0 fully saturated rings. The van der Waals surface area contributed by atoms with Gasteiger partial charge in [0.25, 0.3) is 0 Å². The third kappa shape index (κ3) is 6.89. The Labute approximate surface area is 161 Å². The number of hydrogen-bond acceptors (Lipinski definition) is 3. The number of nitrogens with one attached hydrogen (secondary N) is 1. The first-order chi connectivity index (χ1) is 13.0. The van der Waals surface area contributed by atoms with Crippen molar-refractivity contribution in [2.24, 2.45) is 0 Å². The molecule has 0 aliphatic rings. The van der Waals surface area contributed by atoms with Gasteiger partial charge in [0, 0.05) is 12.6 Å². The highest BCUT2D eigenvalue weighted by Gasteiger charge is 2.12. The molecule has 4 nitrogen and oxygen atoms in total. The van der Waals surface area contributed by atoms with Gasteiger partial charge in [0.15, 0.2) is 0 Å². The smallest absolute Gasteiger partial charge is 0.338 e. The van der Waals surface area contributed by atoms with Crippen LogP contribution >= 0.6 is 0 Å². The van der Waals surface area contributed by atoms with Crippen molar-refractivity contribution in [2.45, 2.75) is 59.0 Å². The van der Waals surface area contributed by atoms with Crippen molar-refractivity contribution in [3.63, 3.8) is 0 Å². The number of hydrogen-bond donors (Lipinski definition) is 1. The molecule has 0 saturated carbocycles. The van der Waals surface area contributed by atoms with Crippen molar-refractivity contribution in [2.75, 3.05) is 5.32 Å². The lowest BCUT2D eigenvalue weighted by Gasteiger charge is -2.13. The van der Waals surface area contributed by atoms with E-state index in [1.807, 2.05) is 43.3 Å². The molecule has 0 aliphatic carbocycles. The second-order valence-corrected chi connectivity index (χ2v) is 6.90. The van der Waals surface area contributed by atoms with E-state index in [9.17, 15) is 9.59 Å². The van der Waals surface area contributed by atoms with E-state index in [1.54, 1.807) is 12.1 Å². The maximum Gasteiger partial charge on any atom is 0.338 e. The number of rotatable bonds is 9. The van der Waals surface area contributed by atoms with Gasteiger partial charge < -0.3 is 10.1 Å². The van der Waals surface area contributed by atoms with Crippen molar-refractivity contribution >= 4 is 17.6 Å². The van der Waals surface area contributed by atoms with E-state index in [4.69, 9.17) is 4.74 Å². The highest BCUT2D eigenvalue weighted by atomic mass is 16.5. The summed E-state index contributed by atoms with van der Waals surface area (Å²) in [7, 11) is 0. The number of ether oxygens (including phenoxy) is 1. The molecule has 0 aliphatic heterocycles. The number of carbonyl (C=O) groups is 2. The molecule has 2 rings (SSSR count). The van der Waals surface area contributed by atoms with E-state index in [-0.39, 0.29) is 18.0 Å². The van der Waals surface area contributed by atoms with Crippen molar-refractivity contribution in [1.82, 2.24) is 0 Å². The van der Waals surface area contributed by atoms with Crippen molar-refractivity contribution in [3.8, 4) is 11.1 Å². The van der Waals surface area contributed by atoms with E-state index >= 15 is 0 Å². The van der Waals surface area contributed by atoms with Gasteiger partial charge >= 0.3 is 5.97 Å². The van der Waals surface area contributed by atoms with Crippen LogP contribution in [0.1, 0.15) is 63.2 Å². The van der Waals surface area contributed by atoms with Crippen LogP contribution < -0.4 is 5.32 Å². The van der Waals surface area contributed by atoms with Crippen LogP contribution in [-0.4, -0.2) is 18.0 Å². The summed E-state index contributed by atoms with van der Waals surface area (Å²) in [6.07, 6.45) is 5.56. The first-order valence-electron chi connectivity index (χ1n) is 9.68.